The van der Waals surface area contributed by atoms with Crippen molar-refractivity contribution in [3.05, 3.63) is 29.3 Å². The van der Waals surface area contributed by atoms with Gasteiger partial charge in [-0.1, -0.05) is 6.07 Å². The average Bonchev–Trinajstić information content (AvgIpc) is 2.66. The Morgan fingerprint density at radius 3 is 2.43 bits per heavy atom. The maximum Gasteiger partial charge on any atom is 0.243 e. The van der Waals surface area contributed by atoms with Crippen LogP contribution in [-0.2, 0) is 19.6 Å². The first-order chi connectivity index (χ1) is 12.9. The highest BCUT2D eigenvalue weighted by molar-refractivity contribution is 7.89. The number of halogens is 1. The van der Waals surface area contributed by atoms with Crippen LogP contribution in [-0.4, -0.2) is 65.1 Å². The predicted octanol–water partition coefficient (Wildman–Crippen LogP) is 1.48. The van der Waals surface area contributed by atoms with Crippen LogP contribution in [0.3, 0.4) is 0 Å². The van der Waals surface area contributed by atoms with Crippen LogP contribution in [0.2, 0.25) is 0 Å². The predicted molar refractivity (Wildman–Crippen MR) is 112 cm³/mol. The van der Waals surface area contributed by atoms with E-state index in [4.69, 9.17) is 4.74 Å². The highest BCUT2D eigenvalue weighted by Gasteiger charge is 2.32. The Labute approximate surface area is 174 Å². The summed E-state index contributed by atoms with van der Waals surface area (Å²) in [7, 11) is -1.85. The van der Waals surface area contributed by atoms with Gasteiger partial charge in [-0.2, -0.15) is 4.31 Å². The molecular weight excluding hydrogens is 402 g/mol. The van der Waals surface area contributed by atoms with E-state index in [1.165, 1.54) is 4.31 Å². The number of rotatable bonds is 9. The van der Waals surface area contributed by atoms with Crippen LogP contribution in [0, 0.1) is 19.8 Å². The normalized spacial score (nSPS) is 15.8. The molecule has 1 saturated heterocycles. The van der Waals surface area contributed by atoms with Crippen molar-refractivity contribution in [1.82, 2.24) is 14.9 Å². The van der Waals surface area contributed by atoms with Crippen LogP contribution < -0.4 is 10.6 Å². The lowest BCUT2D eigenvalue weighted by molar-refractivity contribution is -0.126. The molecule has 9 heteroatoms. The van der Waals surface area contributed by atoms with Crippen LogP contribution in [0.15, 0.2) is 23.1 Å². The second-order valence-electron chi connectivity index (χ2n) is 6.96. The van der Waals surface area contributed by atoms with Gasteiger partial charge < -0.3 is 15.4 Å². The number of aryl methyl sites for hydroxylation is 2. The molecule has 1 aliphatic heterocycles. The first-order valence-electron chi connectivity index (χ1n) is 9.41. The van der Waals surface area contributed by atoms with Gasteiger partial charge in [0.1, 0.15) is 0 Å². The molecule has 1 heterocycles. The number of nitrogens with one attached hydrogen (secondary N) is 2. The summed E-state index contributed by atoms with van der Waals surface area (Å²) in [6.07, 6.45) is 1.10. The molecule has 28 heavy (non-hydrogen) atoms. The molecule has 1 aromatic rings. The molecule has 1 aliphatic rings. The molecule has 1 aromatic carbocycles. The lowest BCUT2D eigenvalue weighted by atomic mass is 9.97. The molecule has 0 saturated carbocycles. The van der Waals surface area contributed by atoms with Crippen molar-refractivity contribution >= 4 is 28.3 Å². The minimum absolute atomic E-state index is 0. The summed E-state index contributed by atoms with van der Waals surface area (Å²) in [5.41, 5.74) is 2.03. The molecule has 0 spiro atoms. The minimum atomic E-state index is -3.50. The van der Waals surface area contributed by atoms with Crippen LogP contribution in [0.25, 0.3) is 0 Å². The second-order valence-corrected chi connectivity index (χ2v) is 8.90. The summed E-state index contributed by atoms with van der Waals surface area (Å²) >= 11 is 0. The zero-order chi connectivity index (χ0) is 19.9. The molecule has 0 unspecified atom stereocenters. The third kappa shape index (κ3) is 6.70. The maximum atomic E-state index is 12.8. The topological polar surface area (TPSA) is 87.7 Å². The summed E-state index contributed by atoms with van der Waals surface area (Å²) < 4.78 is 32.1. The number of amides is 1. The van der Waals surface area contributed by atoms with Gasteiger partial charge in [-0.25, -0.2) is 8.42 Å². The molecule has 0 aromatic heterocycles. The van der Waals surface area contributed by atoms with E-state index in [1.54, 1.807) is 19.2 Å². The van der Waals surface area contributed by atoms with Crippen molar-refractivity contribution in [3.8, 4) is 0 Å². The summed E-state index contributed by atoms with van der Waals surface area (Å²) in [6, 6.07) is 5.22. The Kier molecular flexibility index (Phi) is 10.4. The number of hydrogen-bond acceptors (Lipinski definition) is 5. The zero-order valence-corrected chi connectivity index (χ0v) is 18.5. The third-order valence-corrected chi connectivity index (χ3v) is 6.92. The quantitative estimate of drug-likeness (QED) is 0.576. The molecule has 0 radical (unpaired) electrons. The Balaban J connectivity index is 0.00000392. The zero-order valence-electron chi connectivity index (χ0n) is 16.9. The molecule has 1 amide bonds. The van der Waals surface area contributed by atoms with Gasteiger partial charge in [-0.15, -0.1) is 12.4 Å². The summed E-state index contributed by atoms with van der Waals surface area (Å²) in [6.45, 7) is 7.26. The van der Waals surface area contributed by atoms with Crippen LogP contribution in [0.4, 0.5) is 0 Å². The third-order valence-electron chi connectivity index (χ3n) is 5.02. The van der Waals surface area contributed by atoms with Crippen molar-refractivity contribution in [3.63, 3.8) is 0 Å². The number of sulfonamides is 1. The van der Waals surface area contributed by atoms with Crippen molar-refractivity contribution in [1.29, 1.82) is 0 Å². The lowest BCUT2D eigenvalue weighted by Crippen LogP contribution is -2.44. The number of piperidine rings is 1. The van der Waals surface area contributed by atoms with Gasteiger partial charge in [-0.05, 0) is 49.9 Å². The first kappa shape index (κ1) is 24.8. The Morgan fingerprint density at radius 2 is 1.82 bits per heavy atom. The fraction of sp³-hybridized carbons (Fsp3) is 0.632. The molecule has 0 aliphatic carbocycles. The molecule has 0 atom stereocenters. The number of methoxy groups -OCH3 is 1. The molecule has 0 bridgehead atoms. The van der Waals surface area contributed by atoms with Gasteiger partial charge in [0.05, 0.1) is 11.5 Å². The fourth-order valence-electron chi connectivity index (χ4n) is 3.10. The Bertz CT molecular complexity index is 735. The standard InChI is InChI=1S/C19H31N3O4S.ClH/c1-15-4-5-18(14-16(15)2)27(24,25)22-11-6-17(7-12-22)19(23)21-9-8-20-10-13-26-3;/h4-5,14,17,20H,6-13H2,1-3H3,(H,21,23);1H. The van der Waals surface area contributed by atoms with Gasteiger partial charge in [0.2, 0.25) is 15.9 Å². The van der Waals surface area contributed by atoms with E-state index >= 15 is 0 Å². The molecule has 2 N–H and O–H groups in total. The van der Waals surface area contributed by atoms with E-state index < -0.39 is 10.0 Å². The van der Waals surface area contributed by atoms with E-state index in [9.17, 15) is 13.2 Å². The van der Waals surface area contributed by atoms with E-state index in [0.29, 0.717) is 50.5 Å². The number of carbonyl (C=O) groups is 1. The molecule has 2 rings (SSSR count). The fourth-order valence-corrected chi connectivity index (χ4v) is 4.65. The molecule has 1 fully saturated rings. The van der Waals surface area contributed by atoms with E-state index in [0.717, 1.165) is 17.7 Å². The number of nitrogens with zero attached hydrogens (tertiary/aromatic N) is 1. The maximum absolute atomic E-state index is 12.8. The highest BCUT2D eigenvalue weighted by atomic mass is 35.5. The van der Waals surface area contributed by atoms with Crippen molar-refractivity contribution < 1.29 is 17.9 Å². The number of ether oxygens (including phenoxy) is 1. The highest BCUT2D eigenvalue weighted by Crippen LogP contribution is 2.25. The summed E-state index contributed by atoms with van der Waals surface area (Å²) in [5, 5.41) is 6.09. The number of benzene rings is 1. The first-order valence-corrected chi connectivity index (χ1v) is 10.8. The van der Waals surface area contributed by atoms with Crippen molar-refractivity contribution in [2.45, 2.75) is 31.6 Å². The molecule has 160 valence electrons. The van der Waals surface area contributed by atoms with Crippen LogP contribution in [0.5, 0.6) is 0 Å². The van der Waals surface area contributed by atoms with Crippen molar-refractivity contribution in [2.75, 3.05) is 46.4 Å². The van der Waals surface area contributed by atoms with Crippen molar-refractivity contribution in [2.24, 2.45) is 5.92 Å². The van der Waals surface area contributed by atoms with Gasteiger partial charge in [-0.3, -0.25) is 4.79 Å². The van der Waals surface area contributed by atoms with Gasteiger partial charge >= 0.3 is 0 Å². The Morgan fingerprint density at radius 1 is 1.14 bits per heavy atom. The van der Waals surface area contributed by atoms with E-state index in [1.807, 2.05) is 19.9 Å². The summed E-state index contributed by atoms with van der Waals surface area (Å²) in [5.74, 6) is -0.123. The molecular formula is C19H32ClN3O4S. The second kappa shape index (κ2) is 11.7. The van der Waals surface area contributed by atoms with Gasteiger partial charge in [0.15, 0.2) is 0 Å². The van der Waals surface area contributed by atoms with E-state index in [2.05, 4.69) is 10.6 Å². The number of hydrogen-bond donors (Lipinski definition) is 2. The average molecular weight is 434 g/mol. The Hall–Kier alpha value is -1.19. The van der Waals surface area contributed by atoms with Crippen LogP contribution >= 0.6 is 12.4 Å². The van der Waals surface area contributed by atoms with Gasteiger partial charge in [0, 0.05) is 45.8 Å². The minimum Gasteiger partial charge on any atom is -0.383 e. The summed E-state index contributed by atoms with van der Waals surface area (Å²) in [4.78, 5) is 12.6. The smallest absolute Gasteiger partial charge is 0.243 e. The SMILES string of the molecule is COCCNCCNC(=O)C1CCN(S(=O)(=O)c2ccc(C)c(C)c2)CC1.Cl. The largest absolute Gasteiger partial charge is 0.383 e. The monoisotopic (exact) mass is 433 g/mol. The van der Waals surface area contributed by atoms with Gasteiger partial charge in [0.25, 0.3) is 0 Å². The molecule has 7 nitrogen and oxygen atoms in total. The van der Waals surface area contributed by atoms with Crippen LogP contribution in [0.1, 0.15) is 24.0 Å². The number of carbonyl (C=O) groups excluding carboxylic acids is 1. The lowest BCUT2D eigenvalue weighted by Gasteiger charge is -2.30. The van der Waals surface area contributed by atoms with E-state index in [-0.39, 0.29) is 24.2 Å².